The second-order valence-electron chi connectivity index (χ2n) is 3.69. The molecule has 0 bridgehead atoms. The third kappa shape index (κ3) is 8.56. The zero-order chi connectivity index (χ0) is 9.40. The van der Waals surface area contributed by atoms with E-state index >= 15 is 0 Å². The lowest BCUT2D eigenvalue weighted by molar-refractivity contribution is 0.398. The van der Waals surface area contributed by atoms with E-state index in [2.05, 4.69) is 25.9 Å². The van der Waals surface area contributed by atoms with Gasteiger partial charge in [-0.25, -0.2) is 0 Å². The largest absolute Gasteiger partial charge is 0.309 e. The monoisotopic (exact) mass is 207 g/mol. The Labute approximate surface area is 83.4 Å². The molecule has 1 nitrogen and oxygen atoms in total. The molecular weight excluding hydrogens is 186 g/mol. The van der Waals surface area contributed by atoms with E-state index in [0.29, 0.717) is 0 Å². The van der Waals surface area contributed by atoms with Gasteiger partial charge in [0.2, 0.25) is 0 Å². The predicted molar refractivity (Wildman–Crippen MR) is 60.7 cm³/mol. The van der Waals surface area contributed by atoms with Gasteiger partial charge >= 0.3 is 0 Å². The highest BCUT2D eigenvalue weighted by Crippen LogP contribution is 2.11. The van der Waals surface area contributed by atoms with Gasteiger partial charge < -0.3 is 4.90 Å². The molecular formula is C9H22ClNSi. The van der Waals surface area contributed by atoms with Crippen molar-refractivity contribution in [3.05, 3.63) is 0 Å². The Bertz CT molecular complexity index is 98.5. The standard InChI is InChI=1S/C9H22ClNSi/c1-4-8-12(10)9-6-5-7-11(2)3/h12H,4-9H2,1-3H3. The Kier molecular flexibility index (Phi) is 8.40. The molecule has 0 N–H and O–H groups in total. The van der Waals surface area contributed by atoms with Crippen LogP contribution in [-0.2, 0) is 0 Å². The summed E-state index contributed by atoms with van der Waals surface area (Å²) in [5, 5.41) is 0. The summed E-state index contributed by atoms with van der Waals surface area (Å²) in [6.45, 7) is 3.44. The van der Waals surface area contributed by atoms with Crippen molar-refractivity contribution in [1.29, 1.82) is 0 Å². The van der Waals surface area contributed by atoms with Gasteiger partial charge in [-0.1, -0.05) is 19.8 Å². The van der Waals surface area contributed by atoms with Crippen molar-refractivity contribution in [3.8, 4) is 0 Å². The summed E-state index contributed by atoms with van der Waals surface area (Å²) in [6.07, 6.45) is 3.92. The lowest BCUT2D eigenvalue weighted by Crippen LogP contribution is -2.13. The third-order valence-electron chi connectivity index (χ3n) is 1.97. The fourth-order valence-electron chi connectivity index (χ4n) is 1.25. The molecule has 0 aliphatic rings. The summed E-state index contributed by atoms with van der Waals surface area (Å²) < 4.78 is 0. The average Bonchev–Trinajstić information content (AvgIpc) is 1.98. The Morgan fingerprint density at radius 2 is 1.83 bits per heavy atom. The molecule has 0 aliphatic carbocycles. The van der Waals surface area contributed by atoms with Crippen molar-refractivity contribution in [2.45, 2.75) is 38.3 Å². The van der Waals surface area contributed by atoms with Crippen LogP contribution in [0.1, 0.15) is 26.2 Å². The number of halogens is 1. The molecule has 0 aromatic carbocycles. The Morgan fingerprint density at radius 3 is 2.33 bits per heavy atom. The molecule has 3 heteroatoms. The van der Waals surface area contributed by atoms with Crippen LogP contribution in [0.25, 0.3) is 0 Å². The first-order valence-electron chi connectivity index (χ1n) is 4.95. The van der Waals surface area contributed by atoms with E-state index in [1.807, 2.05) is 0 Å². The fourth-order valence-corrected chi connectivity index (χ4v) is 4.02. The van der Waals surface area contributed by atoms with Crippen molar-refractivity contribution in [3.63, 3.8) is 0 Å². The SMILES string of the molecule is CCC[SiH](Cl)CCCCN(C)C. The molecule has 0 aromatic rings. The minimum atomic E-state index is -0.811. The summed E-state index contributed by atoms with van der Waals surface area (Å²) in [6, 6.07) is 2.63. The molecule has 1 atom stereocenters. The molecule has 1 unspecified atom stereocenters. The molecule has 0 heterocycles. The normalized spacial score (nSPS) is 13.8. The zero-order valence-electron chi connectivity index (χ0n) is 8.65. The molecule has 0 radical (unpaired) electrons. The maximum atomic E-state index is 6.22. The molecule has 0 aliphatic heterocycles. The van der Waals surface area contributed by atoms with E-state index in [1.165, 1.54) is 37.9 Å². The van der Waals surface area contributed by atoms with Crippen LogP contribution in [0.2, 0.25) is 12.1 Å². The van der Waals surface area contributed by atoms with Crippen LogP contribution in [0.4, 0.5) is 0 Å². The van der Waals surface area contributed by atoms with Crippen LogP contribution < -0.4 is 0 Å². The third-order valence-corrected chi connectivity index (χ3v) is 5.52. The highest BCUT2D eigenvalue weighted by atomic mass is 35.6. The zero-order valence-corrected chi connectivity index (χ0v) is 10.6. The van der Waals surface area contributed by atoms with Gasteiger partial charge in [0.05, 0.1) is 0 Å². The Hall–Kier alpha value is 0.467. The first-order chi connectivity index (χ1) is 5.66. The minimum Gasteiger partial charge on any atom is -0.309 e. The molecule has 0 rings (SSSR count). The first-order valence-corrected chi connectivity index (χ1v) is 8.33. The number of nitrogens with zero attached hydrogens (tertiary/aromatic N) is 1. The maximum Gasteiger partial charge on any atom is 0.141 e. The highest BCUT2D eigenvalue weighted by molar-refractivity contribution is 7.06. The van der Waals surface area contributed by atoms with Crippen LogP contribution in [-0.4, -0.2) is 33.6 Å². The number of rotatable bonds is 7. The van der Waals surface area contributed by atoms with Crippen LogP contribution in [0.15, 0.2) is 0 Å². The van der Waals surface area contributed by atoms with E-state index in [-0.39, 0.29) is 0 Å². The molecule has 0 aromatic heterocycles. The molecule has 12 heavy (non-hydrogen) atoms. The van der Waals surface area contributed by atoms with E-state index in [0.717, 1.165) is 0 Å². The van der Waals surface area contributed by atoms with Crippen LogP contribution in [0, 0.1) is 0 Å². The number of hydrogen-bond donors (Lipinski definition) is 0. The van der Waals surface area contributed by atoms with Crippen molar-refractivity contribution in [1.82, 2.24) is 4.90 Å². The molecule has 0 saturated carbocycles. The molecule has 0 fully saturated rings. The lowest BCUT2D eigenvalue weighted by Gasteiger charge is -2.09. The van der Waals surface area contributed by atoms with Gasteiger partial charge in [-0.15, -0.1) is 0 Å². The van der Waals surface area contributed by atoms with Gasteiger partial charge in [-0.2, -0.15) is 11.1 Å². The molecule has 74 valence electrons. The maximum absolute atomic E-state index is 6.22. The van der Waals surface area contributed by atoms with Gasteiger partial charge in [0, 0.05) is 0 Å². The van der Waals surface area contributed by atoms with Crippen molar-refractivity contribution < 1.29 is 0 Å². The predicted octanol–water partition coefficient (Wildman–Crippen LogP) is 2.70. The Balaban J connectivity index is 3.08. The summed E-state index contributed by atoms with van der Waals surface area (Å²) in [4.78, 5) is 2.24. The van der Waals surface area contributed by atoms with Crippen molar-refractivity contribution in [2.75, 3.05) is 20.6 Å². The molecule has 0 amide bonds. The second kappa shape index (κ2) is 8.08. The van der Waals surface area contributed by atoms with Gasteiger partial charge in [0.1, 0.15) is 8.11 Å². The van der Waals surface area contributed by atoms with Gasteiger partial charge in [-0.05, 0) is 39.1 Å². The van der Waals surface area contributed by atoms with E-state index in [1.54, 1.807) is 0 Å². The topological polar surface area (TPSA) is 3.24 Å². The second-order valence-corrected chi connectivity index (χ2v) is 7.89. The molecule has 0 spiro atoms. The van der Waals surface area contributed by atoms with E-state index < -0.39 is 8.11 Å². The smallest absolute Gasteiger partial charge is 0.141 e. The first kappa shape index (κ1) is 12.5. The van der Waals surface area contributed by atoms with Gasteiger partial charge in [0.15, 0.2) is 0 Å². The van der Waals surface area contributed by atoms with Gasteiger partial charge in [-0.3, -0.25) is 0 Å². The summed E-state index contributed by atoms with van der Waals surface area (Å²) >= 11 is 6.22. The highest BCUT2D eigenvalue weighted by Gasteiger charge is 2.04. The van der Waals surface area contributed by atoms with Crippen LogP contribution >= 0.6 is 11.1 Å². The van der Waals surface area contributed by atoms with Crippen molar-refractivity contribution in [2.24, 2.45) is 0 Å². The van der Waals surface area contributed by atoms with Crippen LogP contribution in [0.5, 0.6) is 0 Å². The van der Waals surface area contributed by atoms with Crippen LogP contribution in [0.3, 0.4) is 0 Å². The quantitative estimate of drug-likeness (QED) is 0.353. The summed E-state index contributed by atoms with van der Waals surface area (Å²) in [5.74, 6) is 0. The molecule has 0 saturated heterocycles. The average molecular weight is 208 g/mol. The number of hydrogen-bond acceptors (Lipinski definition) is 1. The summed E-state index contributed by atoms with van der Waals surface area (Å²) in [7, 11) is 3.44. The van der Waals surface area contributed by atoms with Crippen molar-refractivity contribution >= 4 is 19.2 Å². The van der Waals surface area contributed by atoms with E-state index in [9.17, 15) is 0 Å². The lowest BCUT2D eigenvalue weighted by atomic mass is 10.3. The summed E-state index contributed by atoms with van der Waals surface area (Å²) in [5.41, 5.74) is 0. The minimum absolute atomic E-state index is 0.811. The fraction of sp³-hybridized carbons (Fsp3) is 1.00. The number of unbranched alkanes of at least 4 members (excludes halogenated alkanes) is 1. The Morgan fingerprint density at radius 1 is 1.17 bits per heavy atom. The van der Waals surface area contributed by atoms with E-state index in [4.69, 9.17) is 11.1 Å². The van der Waals surface area contributed by atoms with Gasteiger partial charge in [0.25, 0.3) is 0 Å².